The predicted octanol–water partition coefficient (Wildman–Crippen LogP) is 2.55. The van der Waals surface area contributed by atoms with Gasteiger partial charge in [0.1, 0.15) is 0 Å². The Morgan fingerprint density at radius 1 is 1.37 bits per heavy atom. The second kappa shape index (κ2) is 4.69. The largest absolute Gasteiger partial charge is 0.418 e. The van der Waals surface area contributed by atoms with Gasteiger partial charge in [0.15, 0.2) is 0 Å². The Bertz CT molecular complexity index is 498. The molecule has 0 radical (unpaired) electrons. The molecule has 0 aliphatic heterocycles. The number of hydrogen-bond acceptors (Lipinski definition) is 4. The second-order valence-electron chi connectivity index (χ2n) is 4.45. The van der Waals surface area contributed by atoms with E-state index in [-0.39, 0.29) is 11.7 Å². The summed E-state index contributed by atoms with van der Waals surface area (Å²) in [6.07, 6.45) is -4.43. The molecule has 0 unspecified atom stereocenters. The topological polar surface area (TPSA) is 75.4 Å². The highest BCUT2D eigenvalue weighted by Gasteiger charge is 2.37. The highest BCUT2D eigenvalue weighted by Crippen LogP contribution is 2.38. The fourth-order valence-electron chi connectivity index (χ4n) is 1.93. The molecular weight excluding hydrogens is 265 g/mol. The lowest BCUT2D eigenvalue weighted by molar-refractivity contribution is -0.385. The number of nitrogens with one attached hydrogen (secondary N) is 1. The van der Waals surface area contributed by atoms with E-state index in [1.807, 2.05) is 0 Å². The average Bonchev–Trinajstić information content (AvgIpc) is 2.25. The number of benzene rings is 1. The van der Waals surface area contributed by atoms with Gasteiger partial charge in [0.05, 0.1) is 16.6 Å². The van der Waals surface area contributed by atoms with Crippen molar-refractivity contribution in [2.24, 2.45) is 0 Å². The molecule has 8 heteroatoms. The molecule has 5 nitrogen and oxygen atoms in total. The molecule has 1 aromatic carbocycles. The second-order valence-corrected chi connectivity index (χ2v) is 4.45. The smallest absolute Gasteiger partial charge is 0.393 e. The number of aliphatic hydroxyl groups excluding tert-OH is 1. The number of aliphatic hydroxyl groups is 1. The van der Waals surface area contributed by atoms with Crippen molar-refractivity contribution in [1.82, 2.24) is 0 Å². The van der Waals surface area contributed by atoms with Crippen molar-refractivity contribution in [2.75, 3.05) is 5.32 Å². The summed E-state index contributed by atoms with van der Waals surface area (Å²) in [5, 5.41) is 22.2. The molecule has 2 rings (SSSR count). The third kappa shape index (κ3) is 2.95. The zero-order valence-electron chi connectivity index (χ0n) is 9.65. The van der Waals surface area contributed by atoms with Gasteiger partial charge < -0.3 is 10.4 Å². The maximum Gasteiger partial charge on any atom is 0.418 e. The summed E-state index contributed by atoms with van der Waals surface area (Å²) >= 11 is 0. The van der Waals surface area contributed by atoms with E-state index in [0.717, 1.165) is 12.1 Å². The lowest BCUT2D eigenvalue weighted by Gasteiger charge is -2.33. The molecule has 1 aliphatic carbocycles. The minimum atomic E-state index is -4.67. The lowest BCUT2D eigenvalue weighted by Crippen LogP contribution is -2.39. The van der Waals surface area contributed by atoms with Crippen LogP contribution in [0.5, 0.6) is 0 Å². The molecule has 0 saturated heterocycles. The highest BCUT2D eigenvalue weighted by atomic mass is 19.4. The van der Waals surface area contributed by atoms with Gasteiger partial charge in [0, 0.05) is 23.9 Å². The molecule has 0 aromatic heterocycles. The number of nitro benzene ring substituents is 1. The summed E-state index contributed by atoms with van der Waals surface area (Å²) in [5.41, 5.74) is -1.87. The van der Waals surface area contributed by atoms with Gasteiger partial charge in [-0.2, -0.15) is 13.2 Å². The predicted molar refractivity (Wildman–Crippen MR) is 60.7 cm³/mol. The van der Waals surface area contributed by atoms with Gasteiger partial charge in [-0.25, -0.2) is 0 Å². The van der Waals surface area contributed by atoms with Crippen LogP contribution in [0.3, 0.4) is 0 Å². The SMILES string of the molecule is O=[N+]([O-])c1ccc(NC2CC(O)C2)c(C(F)(F)F)c1. The molecule has 1 aliphatic rings. The number of halogens is 3. The molecule has 19 heavy (non-hydrogen) atoms. The zero-order chi connectivity index (χ0) is 14.2. The first-order valence-corrected chi connectivity index (χ1v) is 5.57. The summed E-state index contributed by atoms with van der Waals surface area (Å²) in [7, 11) is 0. The third-order valence-corrected chi connectivity index (χ3v) is 2.99. The van der Waals surface area contributed by atoms with E-state index >= 15 is 0 Å². The van der Waals surface area contributed by atoms with Crippen molar-refractivity contribution in [3.63, 3.8) is 0 Å². The maximum atomic E-state index is 12.8. The Balaban J connectivity index is 2.29. The minimum absolute atomic E-state index is 0.199. The van der Waals surface area contributed by atoms with Crippen molar-refractivity contribution in [2.45, 2.75) is 31.2 Å². The first kappa shape index (κ1) is 13.6. The van der Waals surface area contributed by atoms with Crippen molar-refractivity contribution < 1.29 is 23.2 Å². The van der Waals surface area contributed by atoms with Crippen LogP contribution in [0.4, 0.5) is 24.5 Å². The van der Waals surface area contributed by atoms with Crippen LogP contribution in [-0.2, 0) is 6.18 Å². The van der Waals surface area contributed by atoms with Crippen LogP contribution in [-0.4, -0.2) is 22.2 Å². The van der Waals surface area contributed by atoms with Crippen molar-refractivity contribution in [3.8, 4) is 0 Å². The molecule has 0 spiro atoms. The minimum Gasteiger partial charge on any atom is -0.393 e. The fourth-order valence-corrected chi connectivity index (χ4v) is 1.93. The Labute approximate surface area is 106 Å². The number of hydrogen-bond donors (Lipinski definition) is 2. The van der Waals surface area contributed by atoms with Crippen LogP contribution in [0.1, 0.15) is 18.4 Å². The van der Waals surface area contributed by atoms with E-state index < -0.39 is 28.5 Å². The van der Waals surface area contributed by atoms with Crippen molar-refractivity contribution in [3.05, 3.63) is 33.9 Å². The molecule has 1 fully saturated rings. The average molecular weight is 276 g/mol. The van der Waals surface area contributed by atoms with Gasteiger partial charge >= 0.3 is 6.18 Å². The Morgan fingerprint density at radius 3 is 2.47 bits per heavy atom. The van der Waals surface area contributed by atoms with Crippen LogP contribution in [0, 0.1) is 10.1 Å². The van der Waals surface area contributed by atoms with Crippen LogP contribution in [0.15, 0.2) is 18.2 Å². The zero-order valence-corrected chi connectivity index (χ0v) is 9.65. The lowest BCUT2D eigenvalue weighted by atomic mass is 9.89. The van der Waals surface area contributed by atoms with Gasteiger partial charge in [-0.3, -0.25) is 10.1 Å². The van der Waals surface area contributed by atoms with Gasteiger partial charge in [0.25, 0.3) is 5.69 Å². The quantitative estimate of drug-likeness (QED) is 0.657. The number of nitro groups is 1. The van der Waals surface area contributed by atoms with E-state index in [4.69, 9.17) is 5.11 Å². The van der Waals surface area contributed by atoms with E-state index in [9.17, 15) is 23.3 Å². The van der Waals surface area contributed by atoms with E-state index in [1.54, 1.807) is 0 Å². The number of nitrogens with zero attached hydrogens (tertiary/aromatic N) is 1. The standard InChI is InChI=1S/C11H11F3N2O3/c12-11(13,14)9-5-7(16(18)19)1-2-10(9)15-6-3-8(17)4-6/h1-2,5-6,8,15,17H,3-4H2. The molecule has 2 N–H and O–H groups in total. The summed E-state index contributed by atoms with van der Waals surface area (Å²) in [5.74, 6) is 0. The molecule has 1 saturated carbocycles. The summed E-state index contributed by atoms with van der Waals surface area (Å²) < 4.78 is 38.5. The molecule has 1 aromatic rings. The van der Waals surface area contributed by atoms with E-state index in [2.05, 4.69) is 5.32 Å². The van der Waals surface area contributed by atoms with Gasteiger partial charge in [-0.15, -0.1) is 0 Å². The molecule has 0 amide bonds. The van der Waals surface area contributed by atoms with E-state index in [1.165, 1.54) is 0 Å². The summed E-state index contributed by atoms with van der Waals surface area (Å²) in [6, 6.07) is 2.34. The Morgan fingerprint density at radius 2 is 2.00 bits per heavy atom. The molecule has 0 atom stereocenters. The summed E-state index contributed by atoms with van der Waals surface area (Å²) in [6.45, 7) is 0. The number of alkyl halides is 3. The first-order valence-electron chi connectivity index (χ1n) is 5.57. The normalized spacial score (nSPS) is 22.7. The van der Waals surface area contributed by atoms with Gasteiger partial charge in [0.2, 0.25) is 0 Å². The maximum absolute atomic E-state index is 12.8. The Kier molecular flexibility index (Phi) is 3.36. The van der Waals surface area contributed by atoms with Crippen LogP contribution < -0.4 is 5.32 Å². The first-order chi connectivity index (χ1) is 8.77. The van der Waals surface area contributed by atoms with Crippen LogP contribution in [0.2, 0.25) is 0 Å². The molecule has 104 valence electrons. The molecule has 0 heterocycles. The highest BCUT2D eigenvalue weighted by molar-refractivity contribution is 5.58. The van der Waals surface area contributed by atoms with Crippen molar-refractivity contribution >= 4 is 11.4 Å². The van der Waals surface area contributed by atoms with Gasteiger partial charge in [-0.1, -0.05) is 0 Å². The van der Waals surface area contributed by atoms with Crippen LogP contribution in [0.25, 0.3) is 0 Å². The number of anilines is 1. The molecular formula is C11H11F3N2O3. The molecule has 0 bridgehead atoms. The summed E-state index contributed by atoms with van der Waals surface area (Å²) in [4.78, 5) is 9.64. The van der Waals surface area contributed by atoms with Crippen LogP contribution >= 0.6 is 0 Å². The van der Waals surface area contributed by atoms with Gasteiger partial charge in [-0.05, 0) is 18.9 Å². The van der Waals surface area contributed by atoms with E-state index in [0.29, 0.717) is 18.9 Å². The monoisotopic (exact) mass is 276 g/mol. The fraction of sp³-hybridized carbons (Fsp3) is 0.455. The number of non-ortho nitro benzene ring substituents is 1. The Hall–Kier alpha value is -1.83. The number of rotatable bonds is 3. The third-order valence-electron chi connectivity index (χ3n) is 2.99. The van der Waals surface area contributed by atoms with Crippen molar-refractivity contribution in [1.29, 1.82) is 0 Å².